The van der Waals surface area contributed by atoms with Crippen molar-refractivity contribution in [1.82, 2.24) is 5.32 Å². The molecular formula is C21H15Cl2F4N3O2S. The van der Waals surface area contributed by atoms with Crippen molar-refractivity contribution in [3.05, 3.63) is 62.2 Å². The number of hydrogen-bond donors (Lipinski definition) is 1. The highest BCUT2D eigenvalue weighted by Crippen LogP contribution is 2.40. The lowest BCUT2D eigenvalue weighted by molar-refractivity contribution is -0.137. The Morgan fingerprint density at radius 1 is 1.00 bits per heavy atom. The van der Waals surface area contributed by atoms with Gasteiger partial charge in [0.15, 0.2) is 0 Å². The number of piperazine rings is 1. The van der Waals surface area contributed by atoms with Gasteiger partial charge in [0.2, 0.25) is 0 Å². The number of carbonyl (C=O) groups is 2. The van der Waals surface area contributed by atoms with Gasteiger partial charge in [0.1, 0.15) is 5.82 Å². The second-order valence-electron chi connectivity index (χ2n) is 7.32. The maximum absolute atomic E-state index is 14.3. The fourth-order valence-corrected chi connectivity index (χ4v) is 4.88. The number of rotatable bonds is 3. The highest BCUT2D eigenvalue weighted by Gasteiger charge is 2.34. The number of benzene rings is 2. The van der Waals surface area contributed by atoms with Crippen molar-refractivity contribution in [2.24, 2.45) is 0 Å². The number of hydrogen-bond acceptors (Lipinski definition) is 5. The Kier molecular flexibility index (Phi) is 6.52. The molecule has 174 valence electrons. The molecule has 0 unspecified atom stereocenters. The van der Waals surface area contributed by atoms with Crippen molar-refractivity contribution in [2.45, 2.75) is 6.18 Å². The molecule has 0 atom stereocenters. The number of halogens is 6. The molecule has 0 radical (unpaired) electrons. The first kappa shape index (κ1) is 23.7. The summed E-state index contributed by atoms with van der Waals surface area (Å²) in [6.45, 7) is 1.42. The molecule has 0 aromatic heterocycles. The van der Waals surface area contributed by atoms with E-state index in [1.165, 1.54) is 12.1 Å². The number of alkyl halides is 3. The van der Waals surface area contributed by atoms with Crippen LogP contribution in [0.25, 0.3) is 6.08 Å². The Morgan fingerprint density at radius 2 is 1.67 bits per heavy atom. The summed E-state index contributed by atoms with van der Waals surface area (Å²) >= 11 is 12.7. The minimum absolute atomic E-state index is 0.0292. The monoisotopic (exact) mass is 519 g/mol. The number of amides is 2. The molecule has 1 N–H and O–H groups in total. The van der Waals surface area contributed by atoms with E-state index in [4.69, 9.17) is 23.2 Å². The van der Waals surface area contributed by atoms with Crippen molar-refractivity contribution in [2.75, 3.05) is 36.0 Å². The molecule has 0 saturated carbocycles. The Bertz CT molecular complexity index is 1160. The fourth-order valence-electron chi connectivity index (χ4n) is 3.70. The highest BCUT2D eigenvalue weighted by molar-refractivity contribution is 8.18. The topological polar surface area (TPSA) is 52.7 Å². The molecule has 2 heterocycles. The van der Waals surface area contributed by atoms with Crippen LogP contribution in [0.1, 0.15) is 11.1 Å². The smallest absolute Gasteiger partial charge is 0.366 e. The predicted octanol–water partition coefficient (Wildman–Crippen LogP) is 5.80. The number of thioether (sulfide) groups is 1. The van der Waals surface area contributed by atoms with Gasteiger partial charge in [0.05, 0.1) is 26.9 Å². The minimum atomic E-state index is -4.65. The number of carbonyl (C=O) groups excluding carboxylic acids is 2. The molecule has 2 fully saturated rings. The van der Waals surface area contributed by atoms with Crippen LogP contribution in [0.3, 0.4) is 0 Å². The third kappa shape index (κ3) is 5.07. The van der Waals surface area contributed by atoms with Gasteiger partial charge in [-0.2, -0.15) is 13.2 Å². The van der Waals surface area contributed by atoms with Gasteiger partial charge >= 0.3 is 6.18 Å². The Balaban J connectivity index is 1.66. The number of nitrogens with one attached hydrogen (secondary N) is 1. The normalized spacial score (nSPS) is 18.3. The first-order valence-electron chi connectivity index (χ1n) is 9.63. The van der Waals surface area contributed by atoms with Gasteiger partial charge in [-0.05, 0) is 48.2 Å². The minimum Gasteiger partial charge on any atom is -0.366 e. The van der Waals surface area contributed by atoms with Crippen molar-refractivity contribution in [1.29, 1.82) is 0 Å². The summed E-state index contributed by atoms with van der Waals surface area (Å²) < 4.78 is 54.5. The summed E-state index contributed by atoms with van der Waals surface area (Å²) in [6.07, 6.45) is -3.42. The molecule has 0 aliphatic carbocycles. The van der Waals surface area contributed by atoms with E-state index in [9.17, 15) is 27.2 Å². The van der Waals surface area contributed by atoms with Crippen LogP contribution in [-0.2, 0) is 11.0 Å². The van der Waals surface area contributed by atoms with Gasteiger partial charge < -0.3 is 9.80 Å². The molecule has 33 heavy (non-hydrogen) atoms. The summed E-state index contributed by atoms with van der Waals surface area (Å²) in [6, 6.07) is 6.09. The summed E-state index contributed by atoms with van der Waals surface area (Å²) in [5.74, 6) is -1.16. The first-order chi connectivity index (χ1) is 15.5. The molecule has 2 aromatic rings. The van der Waals surface area contributed by atoms with E-state index in [1.807, 2.05) is 0 Å². The Labute approximate surface area is 200 Å². The predicted molar refractivity (Wildman–Crippen MR) is 121 cm³/mol. The standard InChI is InChI=1S/C21H15Cl2F4N3O2S/c22-13-1-2-16(15(24)10-13)29-3-5-30(6-4-29)18-11(8-17-19(31)28-20(32)33-17)7-12(9-14(18)23)21(25,26)27/h1-2,7-10H,3-6H2,(H,28,31,32). The van der Waals surface area contributed by atoms with Crippen LogP contribution < -0.4 is 15.1 Å². The summed E-state index contributed by atoms with van der Waals surface area (Å²) in [5, 5.41) is 1.60. The molecule has 2 aliphatic heterocycles. The van der Waals surface area contributed by atoms with E-state index in [1.54, 1.807) is 21.9 Å². The summed E-state index contributed by atoms with van der Waals surface area (Å²) in [4.78, 5) is 27.0. The molecular weight excluding hydrogens is 505 g/mol. The number of imide groups is 1. The highest BCUT2D eigenvalue weighted by atomic mass is 35.5. The largest absolute Gasteiger partial charge is 0.416 e. The average molecular weight is 520 g/mol. The van der Waals surface area contributed by atoms with E-state index in [-0.39, 0.29) is 20.5 Å². The van der Waals surface area contributed by atoms with E-state index >= 15 is 0 Å². The van der Waals surface area contributed by atoms with Crippen molar-refractivity contribution in [3.8, 4) is 0 Å². The molecule has 0 bridgehead atoms. The van der Waals surface area contributed by atoms with Crippen LogP contribution in [0.4, 0.5) is 33.7 Å². The van der Waals surface area contributed by atoms with E-state index in [0.717, 1.165) is 12.1 Å². The second kappa shape index (κ2) is 9.08. The lowest BCUT2D eigenvalue weighted by Crippen LogP contribution is -2.47. The van der Waals surface area contributed by atoms with Gasteiger partial charge in [0.25, 0.3) is 11.1 Å². The van der Waals surface area contributed by atoms with E-state index < -0.39 is 28.7 Å². The van der Waals surface area contributed by atoms with Gasteiger partial charge in [-0.3, -0.25) is 14.9 Å². The maximum atomic E-state index is 14.3. The van der Waals surface area contributed by atoms with Crippen LogP contribution in [0.2, 0.25) is 10.0 Å². The summed E-state index contributed by atoms with van der Waals surface area (Å²) in [5.41, 5.74) is -0.230. The Hall–Kier alpha value is -2.43. The van der Waals surface area contributed by atoms with Gasteiger partial charge in [-0.1, -0.05) is 23.2 Å². The zero-order valence-electron chi connectivity index (χ0n) is 16.7. The Morgan fingerprint density at radius 3 is 2.24 bits per heavy atom. The third-order valence-electron chi connectivity index (χ3n) is 5.20. The molecule has 2 aliphatic rings. The van der Waals surface area contributed by atoms with Crippen LogP contribution in [-0.4, -0.2) is 37.3 Å². The second-order valence-corrected chi connectivity index (χ2v) is 9.17. The SMILES string of the molecule is O=C1NC(=O)C(=Cc2cc(C(F)(F)F)cc(Cl)c2N2CCN(c3ccc(Cl)cc3F)CC2)S1. The molecule has 4 rings (SSSR count). The van der Waals surface area contributed by atoms with Crippen molar-refractivity contribution >= 4 is 63.6 Å². The zero-order valence-corrected chi connectivity index (χ0v) is 19.0. The molecule has 2 amide bonds. The van der Waals surface area contributed by atoms with Gasteiger partial charge in [-0.25, -0.2) is 4.39 Å². The molecule has 5 nitrogen and oxygen atoms in total. The molecule has 0 spiro atoms. The van der Waals surface area contributed by atoms with Crippen LogP contribution in [0.15, 0.2) is 35.2 Å². The van der Waals surface area contributed by atoms with E-state index in [0.29, 0.717) is 49.3 Å². The molecule has 2 saturated heterocycles. The lowest BCUT2D eigenvalue weighted by Gasteiger charge is -2.38. The summed E-state index contributed by atoms with van der Waals surface area (Å²) in [7, 11) is 0. The fraction of sp³-hybridized carbons (Fsp3) is 0.238. The molecule has 12 heteroatoms. The van der Waals surface area contributed by atoms with Crippen LogP contribution in [0, 0.1) is 5.82 Å². The first-order valence-corrected chi connectivity index (χ1v) is 11.2. The maximum Gasteiger partial charge on any atom is 0.416 e. The van der Waals surface area contributed by atoms with Crippen molar-refractivity contribution < 1.29 is 27.2 Å². The average Bonchev–Trinajstić information content (AvgIpc) is 3.04. The van der Waals surface area contributed by atoms with Crippen LogP contribution in [0.5, 0.6) is 0 Å². The number of anilines is 2. The van der Waals surface area contributed by atoms with Crippen LogP contribution >= 0.6 is 35.0 Å². The van der Waals surface area contributed by atoms with E-state index in [2.05, 4.69) is 5.32 Å². The van der Waals surface area contributed by atoms with Gasteiger partial charge in [0, 0.05) is 36.8 Å². The zero-order chi connectivity index (χ0) is 23.9. The third-order valence-corrected chi connectivity index (χ3v) is 6.53. The quantitative estimate of drug-likeness (QED) is 0.410. The lowest BCUT2D eigenvalue weighted by atomic mass is 10.0. The molecule has 2 aromatic carbocycles. The van der Waals surface area contributed by atoms with Gasteiger partial charge in [-0.15, -0.1) is 0 Å². The number of nitrogens with zero attached hydrogens (tertiary/aromatic N) is 2. The van der Waals surface area contributed by atoms with Crippen molar-refractivity contribution in [3.63, 3.8) is 0 Å².